The van der Waals surface area contributed by atoms with Crippen molar-refractivity contribution in [2.45, 2.75) is 17.9 Å². The smallest absolute Gasteiger partial charge is 0.258 e. The standard InChI is InChI=1S/C7H12N2O2S2/c1-3-8-5(10)7(12-13-7)6(11)9-4-2/h3-4H2,1-2H3,(H,8,10)(H,9,11). The number of nitrogens with one attached hydrogen (secondary N) is 2. The van der Waals surface area contributed by atoms with Gasteiger partial charge in [0.1, 0.15) is 0 Å². The number of hydrogen-bond donors (Lipinski definition) is 2. The predicted octanol–water partition coefficient (Wildman–Crippen LogP) is 0.350. The summed E-state index contributed by atoms with van der Waals surface area (Å²) in [5.41, 5.74) is 0. The average Bonchev–Trinajstić information content (AvgIpc) is 2.85. The van der Waals surface area contributed by atoms with Crippen LogP contribution in [-0.4, -0.2) is 29.0 Å². The van der Waals surface area contributed by atoms with E-state index in [4.69, 9.17) is 0 Å². The van der Waals surface area contributed by atoms with Crippen LogP contribution in [0, 0.1) is 0 Å². The molecule has 1 aliphatic rings. The molecular weight excluding hydrogens is 208 g/mol. The fraction of sp³-hybridized carbons (Fsp3) is 0.714. The van der Waals surface area contributed by atoms with Crippen molar-refractivity contribution in [3.63, 3.8) is 0 Å². The summed E-state index contributed by atoms with van der Waals surface area (Å²) in [6.45, 7) is 4.78. The minimum Gasteiger partial charge on any atom is -0.354 e. The van der Waals surface area contributed by atoms with E-state index in [1.54, 1.807) is 0 Å². The largest absolute Gasteiger partial charge is 0.354 e. The summed E-state index contributed by atoms with van der Waals surface area (Å²) in [6.07, 6.45) is 0. The maximum atomic E-state index is 11.4. The fourth-order valence-electron chi connectivity index (χ4n) is 0.850. The van der Waals surface area contributed by atoms with Gasteiger partial charge in [0.05, 0.1) is 0 Å². The van der Waals surface area contributed by atoms with Gasteiger partial charge in [-0.15, -0.1) is 0 Å². The number of amides is 2. The summed E-state index contributed by atoms with van der Waals surface area (Å²) in [4.78, 5) is 22.9. The first-order valence-corrected chi connectivity index (χ1v) is 6.25. The topological polar surface area (TPSA) is 58.2 Å². The summed E-state index contributed by atoms with van der Waals surface area (Å²) in [7, 11) is 2.61. The molecule has 0 bridgehead atoms. The van der Waals surface area contributed by atoms with Gasteiger partial charge < -0.3 is 10.6 Å². The molecule has 0 aromatic rings. The highest BCUT2D eigenvalue weighted by Crippen LogP contribution is 2.64. The van der Waals surface area contributed by atoms with Crippen LogP contribution in [0.15, 0.2) is 0 Å². The monoisotopic (exact) mass is 220 g/mol. The van der Waals surface area contributed by atoms with E-state index in [-0.39, 0.29) is 11.8 Å². The molecule has 1 fully saturated rings. The van der Waals surface area contributed by atoms with Crippen molar-refractivity contribution in [3.05, 3.63) is 0 Å². The third-order valence-electron chi connectivity index (χ3n) is 1.52. The lowest BCUT2D eigenvalue weighted by Gasteiger charge is -2.10. The molecule has 0 aromatic heterocycles. The second kappa shape index (κ2) is 4.23. The molecule has 4 nitrogen and oxygen atoms in total. The zero-order valence-corrected chi connectivity index (χ0v) is 9.18. The highest BCUT2D eigenvalue weighted by Gasteiger charge is 2.60. The van der Waals surface area contributed by atoms with E-state index in [9.17, 15) is 9.59 Å². The summed E-state index contributed by atoms with van der Waals surface area (Å²) >= 11 is 0. The minimum absolute atomic E-state index is 0.198. The molecule has 1 saturated heterocycles. The van der Waals surface area contributed by atoms with Gasteiger partial charge in [0.25, 0.3) is 11.8 Å². The van der Waals surface area contributed by atoms with E-state index < -0.39 is 4.08 Å². The Kier molecular flexibility index (Phi) is 3.49. The molecule has 0 atom stereocenters. The summed E-state index contributed by atoms with van der Waals surface area (Å²) < 4.78 is -0.897. The quantitative estimate of drug-likeness (QED) is 0.408. The van der Waals surface area contributed by atoms with Gasteiger partial charge in [-0.05, 0) is 13.8 Å². The maximum Gasteiger partial charge on any atom is 0.258 e. The van der Waals surface area contributed by atoms with Gasteiger partial charge in [0.2, 0.25) is 4.08 Å². The van der Waals surface area contributed by atoms with E-state index in [2.05, 4.69) is 10.6 Å². The molecule has 13 heavy (non-hydrogen) atoms. The van der Waals surface area contributed by atoms with Gasteiger partial charge in [-0.1, -0.05) is 21.6 Å². The molecule has 0 aliphatic carbocycles. The van der Waals surface area contributed by atoms with E-state index in [1.165, 1.54) is 21.6 Å². The van der Waals surface area contributed by atoms with Gasteiger partial charge >= 0.3 is 0 Å². The summed E-state index contributed by atoms with van der Waals surface area (Å²) in [5.74, 6) is -0.396. The van der Waals surface area contributed by atoms with E-state index in [0.717, 1.165) is 0 Å². The molecule has 74 valence electrons. The molecule has 2 N–H and O–H groups in total. The highest BCUT2D eigenvalue weighted by atomic mass is 33.2. The van der Waals surface area contributed by atoms with Gasteiger partial charge in [-0.2, -0.15) is 0 Å². The van der Waals surface area contributed by atoms with E-state index in [1.807, 2.05) is 13.8 Å². The first-order valence-electron chi connectivity index (χ1n) is 4.10. The van der Waals surface area contributed by atoms with Gasteiger partial charge in [-0.25, -0.2) is 0 Å². The lowest BCUT2D eigenvalue weighted by molar-refractivity contribution is -0.129. The molecule has 2 amide bonds. The van der Waals surface area contributed by atoms with Crippen LogP contribution in [0.2, 0.25) is 0 Å². The van der Waals surface area contributed by atoms with Crippen molar-refractivity contribution >= 4 is 33.4 Å². The Bertz CT molecular complexity index is 209. The molecule has 1 heterocycles. The van der Waals surface area contributed by atoms with Crippen LogP contribution >= 0.6 is 21.6 Å². The van der Waals surface area contributed by atoms with Crippen molar-refractivity contribution in [2.75, 3.05) is 13.1 Å². The van der Waals surface area contributed by atoms with Crippen LogP contribution in [0.1, 0.15) is 13.8 Å². The van der Waals surface area contributed by atoms with Crippen molar-refractivity contribution in [1.29, 1.82) is 0 Å². The molecule has 0 spiro atoms. The zero-order chi connectivity index (χ0) is 9.90. The maximum absolute atomic E-state index is 11.4. The average molecular weight is 220 g/mol. The Hall–Kier alpha value is -0.360. The molecular formula is C7H12N2O2S2. The van der Waals surface area contributed by atoms with Crippen LogP contribution in [0.25, 0.3) is 0 Å². The Morgan fingerprint density at radius 1 is 1.08 bits per heavy atom. The second-order valence-corrected chi connectivity index (χ2v) is 5.32. The highest BCUT2D eigenvalue weighted by molar-refractivity contribution is 8.94. The minimum atomic E-state index is -0.897. The SMILES string of the molecule is CCNC(=O)C1(C(=O)NCC)SS1. The number of hydrogen-bond acceptors (Lipinski definition) is 4. The third-order valence-corrected chi connectivity index (χ3v) is 4.26. The van der Waals surface area contributed by atoms with Crippen molar-refractivity contribution < 1.29 is 9.59 Å². The normalized spacial score (nSPS) is 17.7. The van der Waals surface area contributed by atoms with E-state index in [0.29, 0.717) is 13.1 Å². The van der Waals surface area contributed by atoms with Gasteiger partial charge in [0.15, 0.2) is 0 Å². The molecule has 0 aromatic carbocycles. The molecule has 6 heteroatoms. The van der Waals surface area contributed by atoms with Crippen molar-refractivity contribution in [3.8, 4) is 0 Å². The first kappa shape index (κ1) is 10.7. The van der Waals surface area contributed by atoms with Crippen LogP contribution in [-0.2, 0) is 9.59 Å². The number of carbonyl (C=O) groups is 2. The van der Waals surface area contributed by atoms with Crippen molar-refractivity contribution in [2.24, 2.45) is 0 Å². The molecule has 0 radical (unpaired) electrons. The van der Waals surface area contributed by atoms with Crippen LogP contribution < -0.4 is 10.6 Å². The van der Waals surface area contributed by atoms with Crippen LogP contribution in [0.5, 0.6) is 0 Å². The number of rotatable bonds is 4. The molecule has 0 saturated carbocycles. The molecule has 1 rings (SSSR count). The number of carbonyl (C=O) groups excluding carboxylic acids is 2. The Morgan fingerprint density at radius 3 is 1.69 bits per heavy atom. The Labute approximate surface area is 85.0 Å². The lowest BCUT2D eigenvalue weighted by atomic mass is 10.3. The van der Waals surface area contributed by atoms with Gasteiger partial charge in [0, 0.05) is 13.1 Å². The van der Waals surface area contributed by atoms with Crippen molar-refractivity contribution in [1.82, 2.24) is 10.6 Å². The van der Waals surface area contributed by atoms with Crippen LogP contribution in [0.3, 0.4) is 0 Å². The Morgan fingerprint density at radius 2 is 1.46 bits per heavy atom. The first-order chi connectivity index (χ1) is 6.17. The summed E-state index contributed by atoms with van der Waals surface area (Å²) in [6, 6.07) is 0. The lowest BCUT2D eigenvalue weighted by Crippen LogP contribution is -2.45. The summed E-state index contributed by atoms with van der Waals surface area (Å²) in [5, 5.41) is 5.29. The zero-order valence-electron chi connectivity index (χ0n) is 7.55. The predicted molar refractivity (Wildman–Crippen MR) is 55.3 cm³/mol. The molecule has 1 aliphatic heterocycles. The van der Waals surface area contributed by atoms with Crippen LogP contribution in [0.4, 0.5) is 0 Å². The van der Waals surface area contributed by atoms with E-state index >= 15 is 0 Å². The molecule has 0 unspecified atom stereocenters. The van der Waals surface area contributed by atoms with Gasteiger partial charge in [-0.3, -0.25) is 9.59 Å². The third kappa shape index (κ3) is 2.11. The fourth-order valence-corrected chi connectivity index (χ4v) is 2.68. The Balaban J connectivity index is 2.55. The second-order valence-electron chi connectivity index (χ2n) is 2.50.